The van der Waals surface area contributed by atoms with Crippen LogP contribution in [0.2, 0.25) is 0 Å². The summed E-state index contributed by atoms with van der Waals surface area (Å²) in [5.41, 5.74) is 1.40. The molecule has 3 aromatic heterocycles. The van der Waals surface area contributed by atoms with Crippen molar-refractivity contribution in [1.82, 2.24) is 35.2 Å². The number of anilines is 1. The molecule has 26 heavy (non-hydrogen) atoms. The van der Waals surface area contributed by atoms with Crippen LogP contribution in [0, 0.1) is 0 Å². The molecule has 0 saturated heterocycles. The van der Waals surface area contributed by atoms with Gasteiger partial charge in [0.2, 0.25) is 11.0 Å². The predicted octanol–water partition coefficient (Wildman–Crippen LogP) is 2.21. The lowest BCUT2D eigenvalue weighted by Crippen LogP contribution is -2.14. The highest BCUT2D eigenvalue weighted by Gasteiger charge is 2.14. The number of hydrogen-bond acceptors (Lipinski definition) is 9. The maximum Gasteiger partial charge on any atom is 0.236 e. The Bertz CT molecular complexity index is 1080. The summed E-state index contributed by atoms with van der Waals surface area (Å²) < 4.78 is 1.55. The van der Waals surface area contributed by atoms with Gasteiger partial charge in [0.1, 0.15) is 5.01 Å². The van der Waals surface area contributed by atoms with Crippen molar-refractivity contribution in [3.8, 4) is 0 Å². The smallest absolute Gasteiger partial charge is 0.236 e. The molecule has 0 atom stereocenters. The molecule has 132 valence electrons. The largest absolute Gasteiger partial charge is 0.300 e. The molecule has 1 aromatic carbocycles. The van der Waals surface area contributed by atoms with Gasteiger partial charge in [0.15, 0.2) is 10.8 Å². The van der Waals surface area contributed by atoms with Crippen molar-refractivity contribution in [2.75, 3.05) is 11.1 Å². The first-order valence-corrected chi connectivity index (χ1v) is 9.76. The summed E-state index contributed by atoms with van der Waals surface area (Å²) in [6.45, 7) is 2.08. The molecule has 1 N–H and O–H groups in total. The molecule has 0 aliphatic heterocycles. The maximum atomic E-state index is 12.2. The minimum Gasteiger partial charge on any atom is -0.300 e. The minimum atomic E-state index is -0.176. The molecule has 3 heterocycles. The van der Waals surface area contributed by atoms with Gasteiger partial charge in [-0.1, -0.05) is 42.2 Å². The Morgan fingerprint density at radius 1 is 1.27 bits per heavy atom. The van der Waals surface area contributed by atoms with Gasteiger partial charge in [-0.05, 0) is 29.0 Å². The lowest BCUT2D eigenvalue weighted by Gasteiger charge is -2.05. The third-order valence-corrected chi connectivity index (χ3v) is 5.35. The summed E-state index contributed by atoms with van der Waals surface area (Å²) in [6, 6.07) is 7.62. The Labute approximate surface area is 156 Å². The van der Waals surface area contributed by atoms with Gasteiger partial charge < -0.3 is 0 Å². The Morgan fingerprint density at radius 2 is 2.15 bits per heavy atom. The number of para-hydroxylation sites is 1. The van der Waals surface area contributed by atoms with Crippen LogP contribution >= 0.6 is 23.1 Å². The van der Waals surface area contributed by atoms with Crippen LogP contribution < -0.4 is 5.32 Å². The fourth-order valence-electron chi connectivity index (χ4n) is 2.39. The van der Waals surface area contributed by atoms with Gasteiger partial charge in [0.05, 0.1) is 11.3 Å². The minimum absolute atomic E-state index is 0.170. The number of aryl methyl sites for hydroxylation is 1. The monoisotopic (exact) mass is 386 g/mol. The number of nitrogens with one attached hydrogen (secondary N) is 1. The van der Waals surface area contributed by atoms with E-state index in [9.17, 15) is 4.79 Å². The number of carbonyl (C=O) groups excluding carboxylic acids is 1. The van der Waals surface area contributed by atoms with E-state index in [1.807, 2.05) is 24.3 Å². The second-order valence-corrected chi connectivity index (χ2v) is 7.42. The third kappa shape index (κ3) is 3.35. The van der Waals surface area contributed by atoms with Crippen LogP contribution in [-0.2, 0) is 11.2 Å². The topological polar surface area (TPSA) is 111 Å². The molecule has 0 radical (unpaired) electrons. The van der Waals surface area contributed by atoms with E-state index in [-0.39, 0.29) is 11.7 Å². The number of carbonyl (C=O) groups is 1. The Hall–Kier alpha value is -2.66. The van der Waals surface area contributed by atoms with E-state index < -0.39 is 0 Å². The molecule has 0 aliphatic rings. The van der Waals surface area contributed by atoms with E-state index >= 15 is 0 Å². The Kier molecular flexibility index (Phi) is 4.71. The lowest BCUT2D eigenvalue weighted by molar-refractivity contribution is -0.113. The number of aromatic nitrogens is 7. The number of amides is 1. The molecule has 1 amide bonds. The number of thioether (sulfide) groups is 1. The zero-order valence-corrected chi connectivity index (χ0v) is 15.4. The van der Waals surface area contributed by atoms with Crippen molar-refractivity contribution < 1.29 is 4.79 Å². The first kappa shape index (κ1) is 16.8. The van der Waals surface area contributed by atoms with Gasteiger partial charge in [0, 0.05) is 11.8 Å². The zero-order chi connectivity index (χ0) is 17.9. The molecule has 0 fully saturated rings. The molecule has 11 heteroatoms. The van der Waals surface area contributed by atoms with Gasteiger partial charge >= 0.3 is 0 Å². The number of hydrogen-bond donors (Lipinski definition) is 1. The van der Waals surface area contributed by atoms with Crippen LogP contribution in [0.4, 0.5) is 5.13 Å². The van der Waals surface area contributed by atoms with Gasteiger partial charge in [-0.15, -0.1) is 15.3 Å². The second-order valence-electron chi connectivity index (χ2n) is 5.41. The standard InChI is InChI=1S/C15H14N8OS2/c1-2-5-12-18-20-14(26-12)17-11(24)8-25-15-16-10-7-4-3-6-9(10)13-19-21-22-23(13)15/h3-4,6-7H,2,5,8H2,1H3,(H,17,20,24). The zero-order valence-electron chi connectivity index (χ0n) is 13.8. The first-order valence-electron chi connectivity index (χ1n) is 7.96. The highest BCUT2D eigenvalue weighted by molar-refractivity contribution is 7.99. The van der Waals surface area contributed by atoms with Crippen LogP contribution in [0.15, 0.2) is 29.4 Å². The van der Waals surface area contributed by atoms with Crippen molar-refractivity contribution in [1.29, 1.82) is 0 Å². The van der Waals surface area contributed by atoms with Crippen LogP contribution in [0.1, 0.15) is 18.4 Å². The molecular weight excluding hydrogens is 372 g/mol. The number of nitrogens with zero attached hydrogens (tertiary/aromatic N) is 7. The van der Waals surface area contributed by atoms with Crippen molar-refractivity contribution in [3.05, 3.63) is 29.3 Å². The van der Waals surface area contributed by atoms with Gasteiger partial charge in [-0.25, -0.2) is 4.98 Å². The van der Waals surface area contributed by atoms with Crippen molar-refractivity contribution >= 4 is 50.7 Å². The fourth-order valence-corrected chi connectivity index (χ4v) is 3.99. The molecule has 0 bridgehead atoms. The van der Waals surface area contributed by atoms with Gasteiger partial charge in [0.25, 0.3) is 0 Å². The van der Waals surface area contributed by atoms with Crippen LogP contribution in [0.5, 0.6) is 0 Å². The summed E-state index contributed by atoms with van der Waals surface area (Å²) in [7, 11) is 0. The lowest BCUT2D eigenvalue weighted by atomic mass is 10.2. The Balaban J connectivity index is 1.49. The average Bonchev–Trinajstić information content (AvgIpc) is 3.30. The molecule has 4 rings (SSSR count). The summed E-state index contributed by atoms with van der Waals surface area (Å²) >= 11 is 2.66. The van der Waals surface area contributed by atoms with Crippen molar-refractivity contribution in [2.45, 2.75) is 24.9 Å². The highest BCUT2D eigenvalue weighted by Crippen LogP contribution is 2.23. The van der Waals surface area contributed by atoms with Crippen molar-refractivity contribution in [3.63, 3.8) is 0 Å². The van der Waals surface area contributed by atoms with Crippen LogP contribution in [0.25, 0.3) is 16.6 Å². The molecule has 9 nitrogen and oxygen atoms in total. The van der Waals surface area contributed by atoms with Gasteiger partial charge in [-0.2, -0.15) is 4.52 Å². The summed E-state index contributed by atoms with van der Waals surface area (Å²) in [4.78, 5) is 16.8. The molecule has 0 saturated carbocycles. The first-order chi connectivity index (χ1) is 12.7. The number of tetrazole rings is 1. The van der Waals surface area contributed by atoms with E-state index in [1.54, 1.807) is 4.52 Å². The van der Waals surface area contributed by atoms with Crippen LogP contribution in [-0.4, -0.2) is 46.9 Å². The molecule has 0 unspecified atom stereocenters. The van der Waals surface area contributed by atoms with E-state index in [0.717, 1.165) is 28.8 Å². The summed E-state index contributed by atoms with van der Waals surface area (Å²) in [5, 5.41) is 25.4. The molecular formula is C15H14N8OS2. The van der Waals surface area contributed by atoms with E-state index in [2.05, 4.69) is 42.9 Å². The van der Waals surface area contributed by atoms with E-state index in [4.69, 9.17) is 0 Å². The van der Waals surface area contributed by atoms with Crippen molar-refractivity contribution in [2.24, 2.45) is 0 Å². The highest BCUT2D eigenvalue weighted by atomic mass is 32.2. The van der Waals surface area contributed by atoms with E-state index in [0.29, 0.717) is 15.9 Å². The molecule has 4 aromatic rings. The quantitative estimate of drug-likeness (QED) is 0.397. The van der Waals surface area contributed by atoms with Gasteiger partial charge in [-0.3, -0.25) is 10.1 Å². The van der Waals surface area contributed by atoms with E-state index in [1.165, 1.54) is 23.1 Å². The van der Waals surface area contributed by atoms with Crippen LogP contribution in [0.3, 0.4) is 0 Å². The second kappa shape index (κ2) is 7.30. The number of rotatable bonds is 6. The molecule has 0 aliphatic carbocycles. The Morgan fingerprint density at radius 3 is 3.04 bits per heavy atom. The molecule has 0 spiro atoms. The third-order valence-electron chi connectivity index (χ3n) is 3.52. The normalized spacial score (nSPS) is 11.3. The fraction of sp³-hybridized carbons (Fsp3) is 0.267. The average molecular weight is 386 g/mol. The number of fused-ring (bicyclic) bond motifs is 3. The SMILES string of the molecule is CCCc1nnc(NC(=O)CSc2nc3ccccc3c3nnnn23)s1. The maximum absolute atomic E-state index is 12.2. The number of benzene rings is 1. The summed E-state index contributed by atoms with van der Waals surface area (Å²) in [5.74, 6) is -0.00594. The summed E-state index contributed by atoms with van der Waals surface area (Å²) in [6.07, 6.45) is 1.86. The predicted molar refractivity (Wildman–Crippen MR) is 99.3 cm³/mol.